The van der Waals surface area contributed by atoms with E-state index < -0.39 is 5.97 Å². The van der Waals surface area contributed by atoms with E-state index >= 15 is 0 Å². The smallest absolute Gasteiger partial charge is 0.303 e. The van der Waals surface area contributed by atoms with Crippen molar-refractivity contribution in [3.05, 3.63) is 12.2 Å². The Bertz CT molecular complexity index is 397. The summed E-state index contributed by atoms with van der Waals surface area (Å²) in [6.45, 7) is 2.63. The fraction of sp³-hybridized carbons (Fsp3) is 0.875. The van der Waals surface area contributed by atoms with E-state index in [1.165, 1.54) is 70.6 Å². The molecule has 0 aromatic carbocycles. The Kier molecular flexibility index (Phi) is 28.7. The number of rotatable bonds is 19. The summed E-state index contributed by atoms with van der Waals surface area (Å²) >= 11 is 16.6. The zero-order valence-electron chi connectivity index (χ0n) is 19.2. The minimum Gasteiger partial charge on any atom is -0.481 e. The molecule has 0 spiro atoms. The monoisotopic (exact) mass is 519 g/mol. The van der Waals surface area contributed by atoms with Gasteiger partial charge >= 0.3 is 5.97 Å². The fourth-order valence-corrected chi connectivity index (χ4v) is 4.44. The second kappa shape index (κ2) is 26.6. The maximum absolute atomic E-state index is 10.3. The van der Waals surface area contributed by atoms with Crippen LogP contribution in [0.4, 0.5) is 0 Å². The molecule has 31 heavy (non-hydrogen) atoms. The van der Waals surface area contributed by atoms with Crippen LogP contribution in [0.2, 0.25) is 0 Å². The van der Waals surface area contributed by atoms with Gasteiger partial charge in [0.2, 0.25) is 0 Å². The van der Waals surface area contributed by atoms with Gasteiger partial charge in [-0.05, 0) is 31.6 Å². The molecule has 7 heteroatoms. The van der Waals surface area contributed by atoms with Gasteiger partial charge in [0.1, 0.15) is 0 Å². The van der Waals surface area contributed by atoms with Gasteiger partial charge in [-0.1, -0.05) is 69.9 Å². The van der Waals surface area contributed by atoms with E-state index in [2.05, 4.69) is 17.1 Å². The van der Waals surface area contributed by atoms with Crippen LogP contribution in [-0.2, 0) is 4.79 Å². The number of halogens is 4. The number of unbranched alkanes of at least 4 members (excludes halogenated alkanes) is 9. The lowest BCUT2D eigenvalue weighted by molar-refractivity contribution is -0.137. The number of aliphatic carboxylic acids is 1. The van der Waals surface area contributed by atoms with E-state index in [9.17, 15) is 4.79 Å². The number of carboxylic acid groups (broad SMARTS) is 1. The van der Waals surface area contributed by atoms with Gasteiger partial charge in [0.25, 0.3) is 0 Å². The maximum Gasteiger partial charge on any atom is 0.303 e. The summed E-state index contributed by atoms with van der Waals surface area (Å²) in [5, 5.41) is 8.52. The van der Waals surface area contributed by atoms with Crippen molar-refractivity contribution in [1.82, 2.24) is 4.90 Å². The summed E-state index contributed by atoms with van der Waals surface area (Å²) < 4.78 is 0. The Morgan fingerprint density at radius 3 is 1.65 bits per heavy atom. The molecule has 0 aliphatic heterocycles. The SMILES string of the molecule is Cl.ClCCN(CCCl)CCCl.O=C(O)CCCCCCCCCCCCC1C=CCC1. The van der Waals surface area contributed by atoms with Gasteiger partial charge < -0.3 is 5.11 Å². The van der Waals surface area contributed by atoms with Crippen molar-refractivity contribution in [2.75, 3.05) is 37.3 Å². The van der Waals surface area contributed by atoms with Crippen LogP contribution in [0.1, 0.15) is 89.9 Å². The molecule has 0 saturated heterocycles. The zero-order valence-corrected chi connectivity index (χ0v) is 22.3. The summed E-state index contributed by atoms with van der Waals surface area (Å²) in [4.78, 5) is 12.5. The lowest BCUT2D eigenvalue weighted by Gasteiger charge is -2.17. The summed E-state index contributed by atoms with van der Waals surface area (Å²) in [6.07, 6.45) is 21.9. The van der Waals surface area contributed by atoms with Crippen molar-refractivity contribution in [3.63, 3.8) is 0 Å². The molecule has 0 fully saturated rings. The van der Waals surface area contributed by atoms with E-state index in [0.29, 0.717) is 24.1 Å². The number of hydrogen-bond donors (Lipinski definition) is 1. The van der Waals surface area contributed by atoms with Crippen LogP contribution in [0.25, 0.3) is 0 Å². The molecule has 1 rings (SSSR count). The molecule has 0 amide bonds. The molecule has 0 aromatic rings. The highest BCUT2D eigenvalue weighted by atomic mass is 35.5. The molecule has 1 N–H and O–H groups in total. The molecule has 0 radical (unpaired) electrons. The van der Waals surface area contributed by atoms with Gasteiger partial charge in [-0.25, -0.2) is 0 Å². The normalized spacial score (nSPS) is 14.9. The number of carboxylic acids is 1. The molecule has 186 valence electrons. The molecule has 0 heterocycles. The first-order valence-electron chi connectivity index (χ1n) is 11.9. The third-order valence-electron chi connectivity index (χ3n) is 5.53. The van der Waals surface area contributed by atoms with E-state index in [1.54, 1.807) is 0 Å². The Hall–Kier alpha value is 0.330. The molecule has 1 aliphatic rings. The van der Waals surface area contributed by atoms with Crippen LogP contribution in [0.3, 0.4) is 0 Å². The highest BCUT2D eigenvalue weighted by molar-refractivity contribution is 6.18. The second-order valence-electron chi connectivity index (χ2n) is 8.14. The first kappa shape index (κ1) is 33.5. The Balaban J connectivity index is 0. The molecular weight excluding hydrogens is 476 g/mol. The van der Waals surface area contributed by atoms with Gasteiger partial charge in [0, 0.05) is 43.7 Å². The molecule has 0 aromatic heterocycles. The van der Waals surface area contributed by atoms with Gasteiger partial charge in [-0.2, -0.15) is 0 Å². The summed E-state index contributed by atoms with van der Waals surface area (Å²) in [5.74, 6) is 2.17. The number of carbonyl (C=O) groups is 1. The van der Waals surface area contributed by atoms with Crippen molar-refractivity contribution in [1.29, 1.82) is 0 Å². The van der Waals surface area contributed by atoms with Gasteiger partial charge in [0.05, 0.1) is 0 Å². The van der Waals surface area contributed by atoms with Crippen molar-refractivity contribution in [2.45, 2.75) is 89.9 Å². The second-order valence-corrected chi connectivity index (χ2v) is 9.28. The van der Waals surface area contributed by atoms with E-state index in [-0.39, 0.29) is 12.4 Å². The highest BCUT2D eigenvalue weighted by Gasteiger charge is 2.07. The molecule has 1 unspecified atom stereocenters. The van der Waals surface area contributed by atoms with Gasteiger partial charge in [-0.15, -0.1) is 47.2 Å². The minimum atomic E-state index is -0.655. The Morgan fingerprint density at radius 2 is 1.26 bits per heavy atom. The lowest BCUT2D eigenvalue weighted by atomic mass is 9.99. The average molecular weight is 521 g/mol. The van der Waals surface area contributed by atoms with E-state index in [1.807, 2.05) is 0 Å². The summed E-state index contributed by atoms with van der Waals surface area (Å²) in [6, 6.07) is 0. The van der Waals surface area contributed by atoms with Crippen molar-refractivity contribution in [2.24, 2.45) is 5.92 Å². The number of nitrogens with zero attached hydrogens (tertiary/aromatic N) is 1. The fourth-order valence-electron chi connectivity index (χ4n) is 3.73. The van der Waals surface area contributed by atoms with Crippen LogP contribution in [-0.4, -0.2) is 53.3 Å². The molecule has 0 bridgehead atoms. The molecule has 1 atom stereocenters. The molecule has 1 aliphatic carbocycles. The van der Waals surface area contributed by atoms with Gasteiger partial charge in [-0.3, -0.25) is 9.69 Å². The number of alkyl halides is 3. The Morgan fingerprint density at radius 1 is 0.806 bits per heavy atom. The summed E-state index contributed by atoms with van der Waals surface area (Å²) in [7, 11) is 0. The number of hydrogen-bond acceptors (Lipinski definition) is 2. The van der Waals surface area contributed by atoms with Crippen molar-refractivity contribution < 1.29 is 9.90 Å². The quantitative estimate of drug-likeness (QED) is 0.106. The third kappa shape index (κ3) is 24.8. The van der Waals surface area contributed by atoms with Crippen LogP contribution in [0, 0.1) is 5.92 Å². The van der Waals surface area contributed by atoms with Crippen LogP contribution in [0.15, 0.2) is 12.2 Å². The summed E-state index contributed by atoms with van der Waals surface area (Å²) in [5.41, 5.74) is 0. The Labute approximate surface area is 212 Å². The zero-order chi connectivity index (χ0) is 22.3. The first-order valence-corrected chi connectivity index (χ1v) is 13.5. The average Bonchev–Trinajstić information content (AvgIpc) is 3.23. The largest absolute Gasteiger partial charge is 0.481 e. The topological polar surface area (TPSA) is 40.5 Å². The van der Waals surface area contributed by atoms with E-state index in [4.69, 9.17) is 39.9 Å². The minimum absolute atomic E-state index is 0. The van der Waals surface area contributed by atoms with Crippen LogP contribution in [0.5, 0.6) is 0 Å². The van der Waals surface area contributed by atoms with Crippen LogP contribution >= 0.6 is 47.2 Å². The van der Waals surface area contributed by atoms with Crippen LogP contribution < -0.4 is 0 Å². The predicted molar refractivity (Wildman–Crippen MR) is 141 cm³/mol. The first-order chi connectivity index (χ1) is 14.6. The predicted octanol–water partition coefficient (Wildman–Crippen LogP) is 8.15. The van der Waals surface area contributed by atoms with Gasteiger partial charge in [0.15, 0.2) is 0 Å². The van der Waals surface area contributed by atoms with E-state index in [0.717, 1.165) is 38.4 Å². The van der Waals surface area contributed by atoms with Crippen molar-refractivity contribution >= 4 is 53.2 Å². The van der Waals surface area contributed by atoms with Crippen molar-refractivity contribution in [3.8, 4) is 0 Å². The number of allylic oxidation sites excluding steroid dienone is 2. The molecule has 0 saturated carbocycles. The molecular formula is C24H45Cl4NO2. The highest BCUT2D eigenvalue weighted by Crippen LogP contribution is 2.23. The standard InChI is InChI=1S/C18H32O2.C6H12Cl3N.ClH/c19-18(20)16-10-8-6-4-2-1-3-5-7-9-13-17-14-11-12-15-17;7-1-4-10(5-2-8)6-3-9;/h11,14,17H,1-10,12-13,15-16H2,(H,19,20);1-6H2;1H. The molecule has 3 nitrogen and oxygen atoms in total. The maximum atomic E-state index is 10.3. The third-order valence-corrected chi connectivity index (χ3v) is 6.04. The lowest BCUT2D eigenvalue weighted by Crippen LogP contribution is -2.29.